The second kappa shape index (κ2) is 7.00. The van der Waals surface area contributed by atoms with E-state index in [1.165, 1.54) is 0 Å². The number of benzene rings is 1. The number of carbonyl (C=O) groups is 2. The summed E-state index contributed by atoms with van der Waals surface area (Å²) in [6.07, 6.45) is 1.55. The Labute approximate surface area is 161 Å². The molecule has 3 fully saturated rings. The van der Waals surface area contributed by atoms with E-state index in [-0.39, 0.29) is 24.2 Å². The summed E-state index contributed by atoms with van der Waals surface area (Å²) in [6, 6.07) is 5.01. The first-order valence-electron chi connectivity index (χ1n) is 8.80. The second-order valence-electron chi connectivity index (χ2n) is 6.93. The maximum absolute atomic E-state index is 12.9. The molecule has 1 spiro atoms. The Morgan fingerprint density at radius 1 is 1.15 bits per heavy atom. The normalized spacial score (nSPS) is 25.3. The summed E-state index contributed by atoms with van der Waals surface area (Å²) in [5.41, 5.74) is 0.599. The van der Waals surface area contributed by atoms with Crippen LogP contribution in [0.2, 0.25) is 10.0 Å². The lowest BCUT2D eigenvalue weighted by Crippen LogP contribution is -2.49. The van der Waals surface area contributed by atoms with Crippen molar-refractivity contribution in [2.75, 3.05) is 37.7 Å². The molecule has 1 unspecified atom stereocenters. The topological polar surface area (TPSA) is 59.1 Å². The predicted octanol–water partition coefficient (Wildman–Crippen LogP) is 2.71. The van der Waals surface area contributed by atoms with E-state index in [1.807, 2.05) is 4.90 Å². The summed E-state index contributed by atoms with van der Waals surface area (Å²) in [4.78, 5) is 28.7. The summed E-state index contributed by atoms with van der Waals surface area (Å²) in [7, 11) is 0. The van der Waals surface area contributed by atoms with Gasteiger partial charge in [-0.25, -0.2) is 0 Å². The van der Waals surface area contributed by atoms with Crippen LogP contribution in [0.15, 0.2) is 18.2 Å². The third kappa shape index (κ3) is 3.31. The minimum absolute atomic E-state index is 0.0128. The van der Waals surface area contributed by atoms with Gasteiger partial charge in [-0.3, -0.25) is 9.59 Å². The largest absolute Gasteiger partial charge is 0.347 e. The zero-order chi connectivity index (χ0) is 18.3. The van der Waals surface area contributed by atoms with Crippen LogP contribution in [0.3, 0.4) is 0 Å². The monoisotopic (exact) mass is 398 g/mol. The van der Waals surface area contributed by atoms with E-state index in [0.717, 1.165) is 0 Å². The molecule has 0 N–H and O–H groups in total. The second-order valence-corrected chi connectivity index (χ2v) is 7.78. The van der Waals surface area contributed by atoms with Gasteiger partial charge in [0.15, 0.2) is 5.79 Å². The van der Waals surface area contributed by atoms with Gasteiger partial charge < -0.3 is 19.3 Å². The first kappa shape index (κ1) is 18.0. The van der Waals surface area contributed by atoms with Gasteiger partial charge >= 0.3 is 0 Å². The van der Waals surface area contributed by atoms with Gasteiger partial charge in [-0.05, 0) is 18.2 Å². The predicted molar refractivity (Wildman–Crippen MR) is 97.4 cm³/mol. The Balaban J connectivity index is 1.41. The van der Waals surface area contributed by atoms with Gasteiger partial charge in [0, 0.05) is 43.9 Å². The molecule has 1 atom stereocenters. The molecule has 3 aliphatic rings. The molecule has 1 aromatic carbocycles. The fraction of sp³-hybridized carbons (Fsp3) is 0.556. The number of ether oxygens (including phenoxy) is 2. The molecule has 140 valence electrons. The minimum Gasteiger partial charge on any atom is -0.347 e. The number of amides is 2. The number of hydrogen-bond acceptors (Lipinski definition) is 4. The SMILES string of the molecule is O=C(C1CC(=O)N(c2ccc(Cl)cc2Cl)C1)N1CCC2(CC1)OCCO2. The zero-order valence-electron chi connectivity index (χ0n) is 14.2. The van der Waals surface area contributed by atoms with Gasteiger partial charge in [0.25, 0.3) is 0 Å². The Morgan fingerprint density at radius 3 is 2.50 bits per heavy atom. The maximum atomic E-state index is 12.9. The first-order chi connectivity index (χ1) is 12.5. The van der Waals surface area contributed by atoms with Crippen molar-refractivity contribution < 1.29 is 19.1 Å². The van der Waals surface area contributed by atoms with Crippen LogP contribution in [0.4, 0.5) is 5.69 Å². The molecule has 0 saturated carbocycles. The van der Waals surface area contributed by atoms with E-state index >= 15 is 0 Å². The van der Waals surface area contributed by atoms with Crippen LogP contribution in [-0.2, 0) is 19.1 Å². The average Bonchev–Trinajstić information content (AvgIpc) is 3.22. The average molecular weight is 399 g/mol. The number of anilines is 1. The molecule has 3 saturated heterocycles. The van der Waals surface area contributed by atoms with Crippen LogP contribution >= 0.6 is 23.2 Å². The van der Waals surface area contributed by atoms with Crippen molar-refractivity contribution in [2.24, 2.45) is 5.92 Å². The third-order valence-corrected chi connectivity index (χ3v) is 5.86. The van der Waals surface area contributed by atoms with Gasteiger partial charge in [-0.1, -0.05) is 23.2 Å². The summed E-state index contributed by atoms with van der Waals surface area (Å²) >= 11 is 12.1. The van der Waals surface area contributed by atoms with E-state index in [2.05, 4.69) is 0 Å². The lowest BCUT2D eigenvalue weighted by Gasteiger charge is -2.38. The first-order valence-corrected chi connectivity index (χ1v) is 9.55. The van der Waals surface area contributed by atoms with Crippen LogP contribution in [0.1, 0.15) is 19.3 Å². The van der Waals surface area contributed by atoms with Gasteiger partial charge in [-0.2, -0.15) is 0 Å². The molecule has 0 aliphatic carbocycles. The lowest BCUT2D eigenvalue weighted by atomic mass is 10.0. The third-order valence-electron chi connectivity index (χ3n) is 5.33. The molecule has 2 amide bonds. The summed E-state index contributed by atoms with van der Waals surface area (Å²) in [5, 5.41) is 0.922. The van der Waals surface area contributed by atoms with Gasteiger partial charge in [0.1, 0.15) is 0 Å². The van der Waals surface area contributed by atoms with Crippen LogP contribution in [0.5, 0.6) is 0 Å². The van der Waals surface area contributed by atoms with E-state index < -0.39 is 5.79 Å². The van der Waals surface area contributed by atoms with Crippen molar-refractivity contribution in [1.29, 1.82) is 0 Å². The van der Waals surface area contributed by atoms with Crippen molar-refractivity contribution in [3.05, 3.63) is 28.2 Å². The number of rotatable bonds is 2. The lowest BCUT2D eigenvalue weighted by molar-refractivity contribution is -0.188. The van der Waals surface area contributed by atoms with E-state index in [1.54, 1.807) is 23.1 Å². The van der Waals surface area contributed by atoms with Crippen molar-refractivity contribution >= 4 is 40.7 Å². The molecule has 8 heteroatoms. The minimum atomic E-state index is -0.509. The fourth-order valence-corrected chi connectivity index (χ4v) is 4.43. The molecule has 0 aromatic heterocycles. The Kier molecular flexibility index (Phi) is 4.86. The molecule has 0 radical (unpaired) electrons. The van der Waals surface area contributed by atoms with Crippen LogP contribution < -0.4 is 4.90 Å². The quantitative estimate of drug-likeness (QED) is 0.768. The van der Waals surface area contributed by atoms with Crippen molar-refractivity contribution in [3.63, 3.8) is 0 Å². The Hall–Kier alpha value is -1.34. The van der Waals surface area contributed by atoms with E-state index in [4.69, 9.17) is 32.7 Å². The molecule has 3 aliphatic heterocycles. The standard InChI is InChI=1S/C18H20Cl2N2O4/c19-13-1-2-15(14(20)10-13)22-11-12(9-16(22)23)17(24)21-5-3-18(4-6-21)25-7-8-26-18/h1-2,10,12H,3-9,11H2. The van der Waals surface area contributed by atoms with Crippen LogP contribution in [0, 0.1) is 5.92 Å². The van der Waals surface area contributed by atoms with Gasteiger partial charge in [0.05, 0.1) is 29.8 Å². The molecular weight excluding hydrogens is 379 g/mol. The number of hydrogen-bond donors (Lipinski definition) is 0. The molecule has 4 rings (SSSR count). The number of carbonyl (C=O) groups excluding carboxylic acids is 2. The number of likely N-dealkylation sites (tertiary alicyclic amines) is 1. The molecule has 1 aromatic rings. The number of halogens is 2. The zero-order valence-corrected chi connectivity index (χ0v) is 15.8. The summed E-state index contributed by atoms with van der Waals surface area (Å²) in [6.45, 7) is 2.74. The smallest absolute Gasteiger partial charge is 0.228 e. The summed E-state index contributed by atoms with van der Waals surface area (Å²) < 4.78 is 11.4. The Morgan fingerprint density at radius 2 is 1.85 bits per heavy atom. The van der Waals surface area contributed by atoms with Gasteiger partial charge in [-0.15, -0.1) is 0 Å². The molecule has 3 heterocycles. The van der Waals surface area contributed by atoms with Crippen molar-refractivity contribution in [1.82, 2.24) is 4.90 Å². The van der Waals surface area contributed by atoms with E-state index in [9.17, 15) is 9.59 Å². The van der Waals surface area contributed by atoms with Crippen LogP contribution in [0.25, 0.3) is 0 Å². The molecular formula is C18H20Cl2N2O4. The highest BCUT2D eigenvalue weighted by molar-refractivity contribution is 6.36. The van der Waals surface area contributed by atoms with Crippen LogP contribution in [-0.4, -0.2) is 55.3 Å². The highest BCUT2D eigenvalue weighted by Crippen LogP contribution is 2.35. The highest BCUT2D eigenvalue weighted by Gasteiger charge is 2.43. The van der Waals surface area contributed by atoms with Gasteiger partial charge in [0.2, 0.25) is 11.8 Å². The molecule has 6 nitrogen and oxygen atoms in total. The molecule has 26 heavy (non-hydrogen) atoms. The number of piperidine rings is 1. The van der Waals surface area contributed by atoms with Crippen molar-refractivity contribution in [2.45, 2.75) is 25.0 Å². The van der Waals surface area contributed by atoms with E-state index in [0.29, 0.717) is 61.4 Å². The number of nitrogens with zero attached hydrogens (tertiary/aromatic N) is 2. The maximum Gasteiger partial charge on any atom is 0.228 e. The Bertz CT molecular complexity index is 726. The molecule has 0 bridgehead atoms. The summed E-state index contributed by atoms with van der Waals surface area (Å²) in [5.74, 6) is -0.943. The highest BCUT2D eigenvalue weighted by atomic mass is 35.5. The van der Waals surface area contributed by atoms with Crippen molar-refractivity contribution in [3.8, 4) is 0 Å². The fourth-order valence-electron chi connectivity index (χ4n) is 3.92.